The van der Waals surface area contributed by atoms with Crippen molar-refractivity contribution < 1.29 is 0 Å². The van der Waals surface area contributed by atoms with Crippen molar-refractivity contribution in [3.8, 4) is 0 Å². The molecule has 0 atom stereocenters. The van der Waals surface area contributed by atoms with E-state index in [4.69, 9.17) is 0 Å². The van der Waals surface area contributed by atoms with Gasteiger partial charge in [0.2, 0.25) is 0 Å². The molecule has 0 saturated heterocycles. The number of hydrogen-bond donors (Lipinski definition) is 4. The van der Waals surface area contributed by atoms with Crippen LogP contribution in [0.15, 0.2) is 0 Å². The molecular weight excluding hydrogens is 212 g/mol. The van der Waals surface area contributed by atoms with Gasteiger partial charge < -0.3 is 21.3 Å². The zero-order valence-corrected chi connectivity index (χ0v) is 11.8. The summed E-state index contributed by atoms with van der Waals surface area (Å²) in [7, 11) is 3.98. The number of unbranched alkanes of at least 4 members (excludes halogenated alkanes) is 4. The molecule has 0 aromatic rings. The Morgan fingerprint density at radius 2 is 1.06 bits per heavy atom. The van der Waals surface area contributed by atoms with Crippen LogP contribution in [0.3, 0.4) is 0 Å². The summed E-state index contributed by atoms with van der Waals surface area (Å²) >= 11 is 0. The zero-order valence-electron chi connectivity index (χ0n) is 11.8. The van der Waals surface area contributed by atoms with E-state index in [0.717, 1.165) is 19.8 Å². The Hall–Kier alpha value is -0.160. The normalized spacial score (nSPS) is 10.9. The minimum atomic E-state index is 0.921. The first-order valence-electron chi connectivity index (χ1n) is 7.12. The highest BCUT2D eigenvalue weighted by Crippen LogP contribution is 1.94. The van der Waals surface area contributed by atoms with E-state index in [1.165, 1.54) is 51.6 Å². The van der Waals surface area contributed by atoms with E-state index in [0.29, 0.717) is 0 Å². The summed E-state index contributed by atoms with van der Waals surface area (Å²) in [5.41, 5.74) is 0. The smallest absolute Gasteiger partial charge is 0.0451 e. The van der Waals surface area contributed by atoms with Gasteiger partial charge in [-0.2, -0.15) is 0 Å². The second-order valence-electron chi connectivity index (χ2n) is 4.51. The van der Waals surface area contributed by atoms with Crippen molar-refractivity contribution in [2.75, 3.05) is 46.9 Å². The van der Waals surface area contributed by atoms with E-state index in [1.807, 2.05) is 14.1 Å². The van der Waals surface area contributed by atoms with E-state index < -0.39 is 0 Å². The summed E-state index contributed by atoms with van der Waals surface area (Å²) in [5, 5.41) is 13.1. The van der Waals surface area contributed by atoms with Crippen molar-refractivity contribution >= 4 is 0 Å². The predicted molar refractivity (Wildman–Crippen MR) is 76.4 cm³/mol. The standard InChI is InChI=1S/C13H32N4/c1-14-9-5-3-6-10-16-11-7-4-8-12-17-13-15-2/h14-17H,3-13H2,1-2H3. The highest BCUT2D eigenvalue weighted by molar-refractivity contribution is 4.52. The fourth-order valence-corrected chi connectivity index (χ4v) is 1.74. The Morgan fingerprint density at radius 1 is 0.529 bits per heavy atom. The maximum absolute atomic E-state index is 3.51. The molecule has 0 aromatic heterocycles. The van der Waals surface area contributed by atoms with Gasteiger partial charge in [0.1, 0.15) is 0 Å². The summed E-state index contributed by atoms with van der Waals surface area (Å²) in [4.78, 5) is 0. The summed E-state index contributed by atoms with van der Waals surface area (Å²) < 4.78 is 0. The lowest BCUT2D eigenvalue weighted by Crippen LogP contribution is -2.26. The van der Waals surface area contributed by atoms with Crippen LogP contribution in [0.2, 0.25) is 0 Å². The molecule has 0 bridgehead atoms. The first-order valence-corrected chi connectivity index (χ1v) is 7.12. The average molecular weight is 244 g/mol. The van der Waals surface area contributed by atoms with Crippen LogP contribution in [0.25, 0.3) is 0 Å². The fraction of sp³-hybridized carbons (Fsp3) is 1.00. The molecule has 4 N–H and O–H groups in total. The van der Waals surface area contributed by atoms with Crippen LogP contribution in [0.5, 0.6) is 0 Å². The Morgan fingerprint density at radius 3 is 1.59 bits per heavy atom. The van der Waals surface area contributed by atoms with Crippen LogP contribution >= 0.6 is 0 Å². The van der Waals surface area contributed by atoms with Crippen LogP contribution in [-0.2, 0) is 0 Å². The van der Waals surface area contributed by atoms with Gasteiger partial charge in [-0.15, -0.1) is 0 Å². The van der Waals surface area contributed by atoms with Gasteiger partial charge in [0.25, 0.3) is 0 Å². The minimum absolute atomic E-state index is 0.921. The SMILES string of the molecule is CNCCCCCNCCCCCNCNC. The van der Waals surface area contributed by atoms with Crippen LogP contribution in [0, 0.1) is 0 Å². The molecule has 17 heavy (non-hydrogen) atoms. The fourth-order valence-electron chi connectivity index (χ4n) is 1.74. The molecule has 4 heteroatoms. The summed E-state index contributed by atoms with van der Waals surface area (Å²) in [5.74, 6) is 0. The second kappa shape index (κ2) is 15.8. The number of nitrogens with one attached hydrogen (secondary N) is 4. The maximum Gasteiger partial charge on any atom is 0.0451 e. The maximum atomic E-state index is 3.51. The minimum Gasteiger partial charge on any atom is -0.320 e. The molecule has 0 heterocycles. The Labute approximate surface area is 107 Å². The molecule has 0 rings (SSSR count). The van der Waals surface area contributed by atoms with E-state index in [2.05, 4.69) is 21.3 Å². The van der Waals surface area contributed by atoms with Crippen LogP contribution in [-0.4, -0.2) is 46.9 Å². The van der Waals surface area contributed by atoms with Crippen LogP contribution in [0.1, 0.15) is 38.5 Å². The van der Waals surface area contributed by atoms with Crippen molar-refractivity contribution in [1.29, 1.82) is 0 Å². The molecule has 0 fully saturated rings. The summed E-state index contributed by atoms with van der Waals surface area (Å²) in [6, 6.07) is 0. The largest absolute Gasteiger partial charge is 0.320 e. The molecule has 104 valence electrons. The zero-order chi connectivity index (χ0) is 12.6. The molecule has 0 radical (unpaired) electrons. The molecule has 0 saturated carbocycles. The average Bonchev–Trinajstić information content (AvgIpc) is 2.35. The topological polar surface area (TPSA) is 48.1 Å². The van der Waals surface area contributed by atoms with Gasteiger partial charge in [-0.3, -0.25) is 0 Å². The first-order chi connectivity index (χ1) is 8.41. The number of hydrogen-bond acceptors (Lipinski definition) is 4. The van der Waals surface area contributed by atoms with E-state index in [-0.39, 0.29) is 0 Å². The molecular formula is C13H32N4. The molecule has 0 aliphatic carbocycles. The highest BCUT2D eigenvalue weighted by Gasteiger charge is 1.91. The monoisotopic (exact) mass is 244 g/mol. The molecule has 0 unspecified atom stereocenters. The van der Waals surface area contributed by atoms with Crippen LogP contribution in [0.4, 0.5) is 0 Å². The highest BCUT2D eigenvalue weighted by atomic mass is 15.0. The molecule has 0 aliphatic rings. The van der Waals surface area contributed by atoms with E-state index in [1.54, 1.807) is 0 Å². The Bertz CT molecular complexity index is 117. The first kappa shape index (κ1) is 16.8. The third-order valence-electron chi connectivity index (χ3n) is 2.79. The van der Waals surface area contributed by atoms with Crippen LogP contribution < -0.4 is 21.3 Å². The molecule has 0 amide bonds. The summed E-state index contributed by atoms with van der Waals surface area (Å²) in [6.45, 7) is 5.56. The second-order valence-corrected chi connectivity index (χ2v) is 4.51. The van der Waals surface area contributed by atoms with Gasteiger partial charge in [0, 0.05) is 6.67 Å². The quantitative estimate of drug-likeness (QED) is 0.271. The number of rotatable bonds is 14. The van der Waals surface area contributed by atoms with Gasteiger partial charge in [-0.25, -0.2) is 0 Å². The Kier molecular flexibility index (Phi) is 15.7. The third-order valence-corrected chi connectivity index (χ3v) is 2.79. The third kappa shape index (κ3) is 15.8. The van der Waals surface area contributed by atoms with Gasteiger partial charge in [-0.05, 0) is 66.0 Å². The van der Waals surface area contributed by atoms with Gasteiger partial charge >= 0.3 is 0 Å². The molecule has 0 aliphatic heterocycles. The lowest BCUT2D eigenvalue weighted by atomic mass is 10.2. The lowest BCUT2D eigenvalue weighted by Gasteiger charge is -2.05. The lowest BCUT2D eigenvalue weighted by molar-refractivity contribution is 0.544. The van der Waals surface area contributed by atoms with Gasteiger partial charge in [-0.1, -0.05) is 12.8 Å². The van der Waals surface area contributed by atoms with E-state index in [9.17, 15) is 0 Å². The van der Waals surface area contributed by atoms with Gasteiger partial charge in [0.15, 0.2) is 0 Å². The predicted octanol–water partition coefficient (Wildman–Crippen LogP) is 0.903. The van der Waals surface area contributed by atoms with Crippen molar-refractivity contribution in [3.05, 3.63) is 0 Å². The summed E-state index contributed by atoms with van der Waals surface area (Å²) in [6.07, 6.45) is 7.86. The molecule has 0 aromatic carbocycles. The van der Waals surface area contributed by atoms with Crippen molar-refractivity contribution in [1.82, 2.24) is 21.3 Å². The van der Waals surface area contributed by atoms with E-state index >= 15 is 0 Å². The van der Waals surface area contributed by atoms with Crippen molar-refractivity contribution in [2.24, 2.45) is 0 Å². The van der Waals surface area contributed by atoms with Crippen molar-refractivity contribution in [3.63, 3.8) is 0 Å². The van der Waals surface area contributed by atoms with Gasteiger partial charge in [0.05, 0.1) is 0 Å². The van der Waals surface area contributed by atoms with Crippen molar-refractivity contribution in [2.45, 2.75) is 38.5 Å². The molecule has 4 nitrogen and oxygen atoms in total. The Balaban J connectivity index is 2.85. The molecule has 0 spiro atoms.